The number of phenolic OH excluding ortho intramolecular Hbond substituents is 2. The second-order valence-electron chi connectivity index (χ2n) is 6.09. The molecule has 0 aliphatic carbocycles. The SMILES string of the molecule is O=S(=O)(O)C(c1ccc(Cl)cc1O)(c1ccccc1Cl)c1cc(O)cc(Cl)c1Cl. The monoisotopic (exact) mass is 492 g/mol. The van der Waals surface area contributed by atoms with E-state index in [1.54, 1.807) is 6.07 Å². The molecule has 5 nitrogen and oxygen atoms in total. The van der Waals surface area contributed by atoms with Gasteiger partial charge in [-0.25, -0.2) is 0 Å². The van der Waals surface area contributed by atoms with Crippen molar-refractivity contribution in [3.63, 3.8) is 0 Å². The van der Waals surface area contributed by atoms with Crippen LogP contribution in [0, 0.1) is 0 Å². The minimum absolute atomic E-state index is 0.0463. The topological polar surface area (TPSA) is 94.8 Å². The van der Waals surface area contributed by atoms with E-state index in [2.05, 4.69) is 0 Å². The number of rotatable bonds is 4. The molecule has 0 fully saturated rings. The summed E-state index contributed by atoms with van der Waals surface area (Å²) in [7, 11) is -5.14. The molecule has 0 saturated heterocycles. The van der Waals surface area contributed by atoms with Gasteiger partial charge in [-0.05, 0) is 24.3 Å². The van der Waals surface area contributed by atoms with Crippen LogP contribution in [0.25, 0.3) is 0 Å². The Hall–Kier alpha value is -1.67. The van der Waals surface area contributed by atoms with Crippen molar-refractivity contribution in [2.45, 2.75) is 4.75 Å². The molecule has 152 valence electrons. The second kappa shape index (κ2) is 7.87. The van der Waals surface area contributed by atoms with E-state index in [-0.39, 0.29) is 36.8 Å². The molecule has 10 heteroatoms. The van der Waals surface area contributed by atoms with Gasteiger partial charge in [0.25, 0.3) is 10.1 Å². The summed E-state index contributed by atoms with van der Waals surface area (Å²) >= 11 is 24.6. The largest absolute Gasteiger partial charge is 0.508 e. The Morgan fingerprint density at radius 2 is 1.41 bits per heavy atom. The standard InChI is InChI=1S/C19H12Cl4O5S/c20-10-5-6-13(17(25)7-10)19(29(26,27)28,12-3-1-2-4-15(12)21)14-8-11(24)9-16(22)18(14)23/h1-9,24-25H,(H,26,27,28). The zero-order valence-electron chi connectivity index (χ0n) is 14.3. The molecule has 3 N–H and O–H groups in total. The van der Waals surface area contributed by atoms with E-state index in [4.69, 9.17) is 46.4 Å². The number of aromatic hydroxyl groups is 2. The summed E-state index contributed by atoms with van der Waals surface area (Å²) in [6, 6.07) is 11.6. The van der Waals surface area contributed by atoms with Crippen molar-refractivity contribution in [1.82, 2.24) is 0 Å². The molecule has 3 rings (SSSR count). The normalized spacial score (nSPS) is 13.8. The first-order valence-corrected chi connectivity index (χ1v) is 10.8. The summed E-state index contributed by atoms with van der Waals surface area (Å²) in [5, 5.41) is 20.3. The van der Waals surface area contributed by atoms with Crippen LogP contribution < -0.4 is 0 Å². The first-order valence-electron chi connectivity index (χ1n) is 7.89. The van der Waals surface area contributed by atoms with E-state index >= 15 is 0 Å². The number of hydrogen-bond acceptors (Lipinski definition) is 4. The van der Waals surface area contributed by atoms with E-state index in [0.717, 1.165) is 18.2 Å². The molecule has 3 aromatic rings. The van der Waals surface area contributed by atoms with Crippen molar-refractivity contribution in [3.05, 3.63) is 91.4 Å². The lowest BCUT2D eigenvalue weighted by Gasteiger charge is -2.34. The Morgan fingerprint density at radius 1 is 0.759 bits per heavy atom. The molecule has 3 aromatic carbocycles. The lowest BCUT2D eigenvalue weighted by atomic mass is 9.83. The molecule has 29 heavy (non-hydrogen) atoms. The molecular weight excluding hydrogens is 482 g/mol. The summed E-state index contributed by atoms with van der Waals surface area (Å²) in [5.41, 5.74) is -0.719. The van der Waals surface area contributed by atoms with Crippen molar-refractivity contribution >= 4 is 56.5 Å². The van der Waals surface area contributed by atoms with Gasteiger partial charge in [-0.15, -0.1) is 0 Å². The summed E-state index contributed by atoms with van der Waals surface area (Å²) in [6.07, 6.45) is 0. The summed E-state index contributed by atoms with van der Waals surface area (Å²) in [4.78, 5) is 0. The first kappa shape index (κ1) is 22.0. The molecule has 0 aliphatic rings. The number of benzene rings is 3. The highest BCUT2D eigenvalue weighted by Crippen LogP contribution is 2.52. The van der Waals surface area contributed by atoms with Gasteiger partial charge in [-0.3, -0.25) is 4.55 Å². The van der Waals surface area contributed by atoms with Gasteiger partial charge in [0.2, 0.25) is 0 Å². The molecule has 0 heterocycles. The maximum absolute atomic E-state index is 13.0. The van der Waals surface area contributed by atoms with Crippen LogP contribution >= 0.6 is 46.4 Å². The fraction of sp³-hybridized carbons (Fsp3) is 0.0526. The molecule has 0 bridgehead atoms. The molecule has 0 aromatic heterocycles. The van der Waals surface area contributed by atoms with E-state index in [1.165, 1.54) is 30.3 Å². The number of hydrogen-bond donors (Lipinski definition) is 3. The maximum atomic E-state index is 13.0. The Morgan fingerprint density at radius 3 is 2.00 bits per heavy atom. The van der Waals surface area contributed by atoms with Crippen molar-refractivity contribution < 1.29 is 23.2 Å². The Labute approximate surface area is 186 Å². The zero-order chi connectivity index (χ0) is 21.6. The van der Waals surface area contributed by atoms with E-state index in [0.29, 0.717) is 0 Å². The lowest BCUT2D eigenvalue weighted by Crippen LogP contribution is -2.39. The molecule has 1 atom stereocenters. The number of halogens is 4. The quantitative estimate of drug-likeness (QED) is 0.311. The Balaban J connectivity index is 2.66. The third-order valence-corrected chi connectivity index (χ3v) is 7.17. The van der Waals surface area contributed by atoms with Gasteiger partial charge in [0.15, 0.2) is 4.75 Å². The Kier molecular flexibility index (Phi) is 5.98. The second-order valence-corrected chi connectivity index (χ2v) is 9.28. The highest BCUT2D eigenvalue weighted by molar-refractivity contribution is 7.87. The van der Waals surface area contributed by atoms with E-state index in [1.807, 2.05) is 0 Å². The molecule has 0 aliphatic heterocycles. The molecule has 0 saturated carbocycles. The number of phenols is 2. The van der Waals surface area contributed by atoms with Gasteiger partial charge >= 0.3 is 0 Å². The van der Waals surface area contributed by atoms with Crippen molar-refractivity contribution in [3.8, 4) is 11.5 Å². The molecular formula is C19H12Cl4O5S. The van der Waals surface area contributed by atoms with Crippen LogP contribution in [0.15, 0.2) is 54.6 Å². The Bertz CT molecular complexity index is 1210. The maximum Gasteiger partial charge on any atom is 0.283 e. The van der Waals surface area contributed by atoms with Crippen LogP contribution in [-0.4, -0.2) is 23.2 Å². The predicted octanol–water partition coefficient (Wildman–Crippen LogP) is 5.89. The van der Waals surface area contributed by atoms with Crippen LogP contribution in [0.4, 0.5) is 0 Å². The first-order chi connectivity index (χ1) is 13.5. The molecule has 0 amide bonds. The van der Waals surface area contributed by atoms with Crippen LogP contribution in [0.2, 0.25) is 20.1 Å². The molecule has 0 radical (unpaired) electrons. The van der Waals surface area contributed by atoms with Gasteiger partial charge in [-0.1, -0.05) is 70.7 Å². The van der Waals surface area contributed by atoms with Gasteiger partial charge in [-0.2, -0.15) is 8.42 Å². The average molecular weight is 494 g/mol. The minimum Gasteiger partial charge on any atom is -0.508 e. The summed E-state index contributed by atoms with van der Waals surface area (Å²) in [6.45, 7) is 0. The molecule has 0 spiro atoms. The van der Waals surface area contributed by atoms with Crippen molar-refractivity contribution in [1.29, 1.82) is 0 Å². The highest BCUT2D eigenvalue weighted by Gasteiger charge is 2.52. The smallest absolute Gasteiger partial charge is 0.283 e. The molecule has 1 unspecified atom stereocenters. The van der Waals surface area contributed by atoms with Crippen molar-refractivity contribution in [2.75, 3.05) is 0 Å². The minimum atomic E-state index is -5.14. The van der Waals surface area contributed by atoms with Gasteiger partial charge in [0.05, 0.1) is 10.0 Å². The fourth-order valence-corrected chi connectivity index (χ4v) is 5.60. The third-order valence-electron chi connectivity index (χ3n) is 4.37. The van der Waals surface area contributed by atoms with Crippen LogP contribution in [-0.2, 0) is 14.9 Å². The highest BCUT2D eigenvalue weighted by atomic mass is 35.5. The van der Waals surface area contributed by atoms with Gasteiger partial charge < -0.3 is 10.2 Å². The van der Waals surface area contributed by atoms with Gasteiger partial charge in [0, 0.05) is 32.8 Å². The van der Waals surface area contributed by atoms with Crippen LogP contribution in [0.5, 0.6) is 11.5 Å². The van der Waals surface area contributed by atoms with E-state index in [9.17, 15) is 23.2 Å². The van der Waals surface area contributed by atoms with Crippen LogP contribution in [0.1, 0.15) is 16.7 Å². The fourth-order valence-electron chi connectivity index (χ4n) is 3.23. The van der Waals surface area contributed by atoms with Crippen molar-refractivity contribution in [2.24, 2.45) is 0 Å². The zero-order valence-corrected chi connectivity index (χ0v) is 18.1. The summed E-state index contributed by atoms with van der Waals surface area (Å²) < 4.78 is 33.9. The lowest BCUT2D eigenvalue weighted by molar-refractivity contribution is 0.439. The predicted molar refractivity (Wildman–Crippen MR) is 114 cm³/mol. The third kappa shape index (κ3) is 3.65. The van der Waals surface area contributed by atoms with Gasteiger partial charge in [0.1, 0.15) is 11.5 Å². The van der Waals surface area contributed by atoms with E-state index < -0.39 is 26.4 Å². The average Bonchev–Trinajstić information content (AvgIpc) is 2.61. The van der Waals surface area contributed by atoms with Crippen LogP contribution in [0.3, 0.4) is 0 Å². The summed E-state index contributed by atoms with van der Waals surface area (Å²) in [5.74, 6) is -0.964.